The largest absolute Gasteiger partial charge is 0.466 e. The molecule has 2 unspecified atom stereocenters. The molecule has 0 radical (unpaired) electrons. The minimum absolute atomic E-state index is 0.00491. The van der Waals surface area contributed by atoms with Crippen LogP contribution in [0.4, 0.5) is 0 Å². The molecule has 6 atom stereocenters. The van der Waals surface area contributed by atoms with Crippen molar-refractivity contribution < 1.29 is 19.1 Å². The number of ether oxygens (including phenoxy) is 2. The lowest BCUT2D eigenvalue weighted by molar-refractivity contribution is -0.236. The molecule has 0 amide bonds. The van der Waals surface area contributed by atoms with Crippen LogP contribution in [0.25, 0.3) is 0 Å². The number of fused-ring (bicyclic) bond motifs is 3. The summed E-state index contributed by atoms with van der Waals surface area (Å²) in [5.41, 5.74) is 0.705. The maximum Gasteiger partial charge on any atom is 0.309 e. The Balaban J connectivity index is 1.71. The molecule has 0 N–H and O–H groups in total. The normalized spacial score (nSPS) is 46.5. The van der Waals surface area contributed by atoms with Crippen LogP contribution in [0, 0.1) is 39.9 Å². The molecule has 2 bridgehead atoms. The second-order valence-electron chi connectivity index (χ2n) is 10.4. The molecule has 1 spiro atoms. The van der Waals surface area contributed by atoms with E-state index >= 15 is 0 Å². The number of carbonyl (C=O) groups excluding carboxylic acids is 2. The number of rotatable bonds is 2. The zero-order valence-electron chi connectivity index (χ0n) is 16.8. The Morgan fingerprint density at radius 1 is 1.12 bits per heavy atom. The van der Waals surface area contributed by atoms with Gasteiger partial charge in [-0.15, -0.1) is 0 Å². The minimum Gasteiger partial charge on any atom is -0.466 e. The number of hydrogen-bond acceptors (Lipinski definition) is 4. The average Bonchev–Trinajstić information content (AvgIpc) is 2.55. The van der Waals surface area contributed by atoms with Crippen LogP contribution in [-0.4, -0.2) is 25.2 Å². The van der Waals surface area contributed by atoms with Gasteiger partial charge in [0, 0.05) is 18.3 Å². The van der Waals surface area contributed by atoms with Gasteiger partial charge in [0.2, 0.25) is 0 Å². The van der Waals surface area contributed by atoms with Crippen LogP contribution in [0.1, 0.15) is 72.6 Å². The van der Waals surface area contributed by atoms with Crippen molar-refractivity contribution in [3.8, 4) is 0 Å². The van der Waals surface area contributed by atoms with E-state index in [1.54, 1.807) is 0 Å². The predicted molar refractivity (Wildman–Crippen MR) is 98.2 cm³/mol. The summed E-state index contributed by atoms with van der Waals surface area (Å²) in [5, 5.41) is 0. The molecule has 26 heavy (non-hydrogen) atoms. The van der Waals surface area contributed by atoms with Crippen molar-refractivity contribution in [1.29, 1.82) is 0 Å². The van der Waals surface area contributed by atoms with Gasteiger partial charge in [-0.05, 0) is 61.2 Å². The van der Waals surface area contributed by atoms with Gasteiger partial charge in [-0.2, -0.15) is 0 Å². The van der Waals surface area contributed by atoms with E-state index in [1.807, 2.05) is 0 Å². The molecule has 0 aromatic heterocycles. The smallest absolute Gasteiger partial charge is 0.309 e. The lowest BCUT2D eigenvalue weighted by Crippen LogP contribution is -2.65. The Bertz CT molecular complexity index is 611. The van der Waals surface area contributed by atoms with Crippen LogP contribution in [0.3, 0.4) is 0 Å². The van der Waals surface area contributed by atoms with E-state index in [-0.39, 0.29) is 29.2 Å². The highest BCUT2D eigenvalue weighted by molar-refractivity contribution is 5.74. The fourth-order valence-corrected chi connectivity index (χ4v) is 7.92. The highest BCUT2D eigenvalue weighted by Gasteiger charge is 2.66. The van der Waals surface area contributed by atoms with Gasteiger partial charge in [0.15, 0.2) is 0 Å². The van der Waals surface area contributed by atoms with Gasteiger partial charge in [0.1, 0.15) is 0 Å². The van der Waals surface area contributed by atoms with Gasteiger partial charge in [-0.25, -0.2) is 0 Å². The molecule has 1 saturated heterocycles. The summed E-state index contributed by atoms with van der Waals surface area (Å²) in [6.45, 7) is 9.81. The molecule has 1 heterocycles. The molecule has 4 aliphatic rings. The summed E-state index contributed by atoms with van der Waals surface area (Å²) in [6, 6.07) is 0. The minimum atomic E-state index is -0.242. The van der Waals surface area contributed by atoms with Crippen molar-refractivity contribution in [2.75, 3.05) is 13.2 Å². The van der Waals surface area contributed by atoms with E-state index in [4.69, 9.17) is 9.47 Å². The van der Waals surface area contributed by atoms with E-state index in [1.165, 1.54) is 32.6 Å². The highest BCUT2D eigenvalue weighted by Crippen LogP contribution is 2.70. The van der Waals surface area contributed by atoms with E-state index < -0.39 is 0 Å². The van der Waals surface area contributed by atoms with Crippen LogP contribution in [0.2, 0.25) is 0 Å². The van der Waals surface area contributed by atoms with E-state index in [2.05, 4.69) is 20.8 Å². The first kappa shape index (κ1) is 18.3. The summed E-state index contributed by atoms with van der Waals surface area (Å²) in [7, 11) is 0. The lowest BCUT2D eigenvalue weighted by atomic mass is 9.38. The SMILES string of the molecule is CC(=O)OC[C@@H]1[C@H]2CCC3[C@@]4(C)CCCC(C)(C)C4CC[C@]31COC2=O. The van der Waals surface area contributed by atoms with Crippen molar-refractivity contribution in [1.82, 2.24) is 0 Å². The van der Waals surface area contributed by atoms with E-state index in [0.29, 0.717) is 30.0 Å². The molecule has 1 aliphatic heterocycles. The Morgan fingerprint density at radius 2 is 1.88 bits per heavy atom. The summed E-state index contributed by atoms with van der Waals surface area (Å²) in [5.74, 6) is 1.04. The quantitative estimate of drug-likeness (QED) is 0.685. The van der Waals surface area contributed by atoms with Crippen LogP contribution < -0.4 is 0 Å². The number of esters is 2. The third kappa shape index (κ3) is 2.46. The molecule has 3 aliphatic carbocycles. The molecule has 146 valence electrons. The second-order valence-corrected chi connectivity index (χ2v) is 10.4. The molecule has 0 aromatic carbocycles. The zero-order chi connectivity index (χ0) is 18.7. The molecule has 4 fully saturated rings. The number of carbonyl (C=O) groups is 2. The third-order valence-corrected chi connectivity index (χ3v) is 8.91. The molecule has 4 heteroatoms. The molecular formula is C22H34O4. The van der Waals surface area contributed by atoms with Gasteiger partial charge in [-0.3, -0.25) is 9.59 Å². The summed E-state index contributed by atoms with van der Waals surface area (Å²) in [4.78, 5) is 23.9. The number of hydrogen-bond donors (Lipinski definition) is 0. The van der Waals surface area contributed by atoms with Crippen LogP contribution in [-0.2, 0) is 19.1 Å². The molecule has 4 rings (SSSR count). The zero-order valence-corrected chi connectivity index (χ0v) is 16.8. The van der Waals surface area contributed by atoms with E-state index in [0.717, 1.165) is 25.2 Å². The van der Waals surface area contributed by atoms with Crippen molar-refractivity contribution in [2.45, 2.75) is 72.6 Å². The maximum absolute atomic E-state index is 12.4. The Hall–Kier alpha value is -1.06. The fourth-order valence-electron chi connectivity index (χ4n) is 7.92. The van der Waals surface area contributed by atoms with Crippen LogP contribution in [0.5, 0.6) is 0 Å². The standard InChI is InChI=1S/C22H34O4/c1-14(23)25-12-16-15-6-7-18-21(4)10-5-9-20(2,3)17(21)8-11-22(16,18)13-26-19(15)24/h15-18H,5-13H2,1-4H3/t15-,16-,17?,18?,21+,22-/m1/s1. The Morgan fingerprint density at radius 3 is 2.62 bits per heavy atom. The monoisotopic (exact) mass is 362 g/mol. The molecule has 3 saturated carbocycles. The van der Waals surface area contributed by atoms with Gasteiger partial charge in [0.25, 0.3) is 0 Å². The summed E-state index contributed by atoms with van der Waals surface area (Å²) >= 11 is 0. The topological polar surface area (TPSA) is 52.6 Å². The number of cyclic esters (lactones) is 1. The van der Waals surface area contributed by atoms with Crippen molar-refractivity contribution in [2.24, 2.45) is 39.9 Å². The lowest BCUT2D eigenvalue weighted by Gasteiger charge is -2.67. The second kappa shape index (κ2) is 5.97. The first-order chi connectivity index (χ1) is 12.2. The molecular weight excluding hydrogens is 328 g/mol. The Labute approximate surface area is 157 Å². The van der Waals surface area contributed by atoms with Gasteiger partial charge < -0.3 is 9.47 Å². The summed E-state index contributed by atoms with van der Waals surface area (Å²) < 4.78 is 11.2. The van der Waals surface area contributed by atoms with Crippen molar-refractivity contribution in [3.63, 3.8) is 0 Å². The third-order valence-electron chi connectivity index (χ3n) is 8.91. The highest BCUT2D eigenvalue weighted by atomic mass is 16.5. The van der Waals surface area contributed by atoms with Crippen molar-refractivity contribution >= 4 is 11.9 Å². The van der Waals surface area contributed by atoms with Crippen LogP contribution in [0.15, 0.2) is 0 Å². The predicted octanol–water partition coefficient (Wildman–Crippen LogP) is 4.36. The van der Waals surface area contributed by atoms with E-state index in [9.17, 15) is 9.59 Å². The van der Waals surface area contributed by atoms with Crippen LogP contribution >= 0.6 is 0 Å². The van der Waals surface area contributed by atoms with Gasteiger partial charge in [-0.1, -0.05) is 27.2 Å². The molecule has 4 nitrogen and oxygen atoms in total. The summed E-state index contributed by atoms with van der Waals surface area (Å²) in [6.07, 6.45) is 8.23. The molecule has 0 aromatic rings. The Kier molecular flexibility index (Phi) is 4.20. The fraction of sp³-hybridized carbons (Fsp3) is 0.909. The maximum atomic E-state index is 12.4. The van der Waals surface area contributed by atoms with Crippen molar-refractivity contribution in [3.05, 3.63) is 0 Å². The van der Waals surface area contributed by atoms with Gasteiger partial charge in [0.05, 0.1) is 19.1 Å². The van der Waals surface area contributed by atoms with Gasteiger partial charge >= 0.3 is 11.9 Å². The first-order valence-electron chi connectivity index (χ1n) is 10.5. The first-order valence-corrected chi connectivity index (χ1v) is 10.5. The average molecular weight is 363 g/mol.